The van der Waals surface area contributed by atoms with Crippen LogP contribution in [0.25, 0.3) is 0 Å². The van der Waals surface area contributed by atoms with Gasteiger partial charge < -0.3 is 4.90 Å². The average Bonchev–Trinajstić information content (AvgIpc) is 2.85. The van der Waals surface area contributed by atoms with E-state index in [1.54, 1.807) is 10.7 Å². The standard InChI is InChI=1S/C17H19BrCl2N4O/c1-11-15(18)16(21-22(11)2)17(25)24-7-5-23(6-8-24)10-12-3-4-13(19)9-14(12)20/h3-4,9H,5-8,10H2,1-2H3. The summed E-state index contributed by atoms with van der Waals surface area (Å²) in [6, 6.07) is 5.57. The first-order chi connectivity index (χ1) is 11.9. The molecule has 1 aromatic carbocycles. The highest BCUT2D eigenvalue weighted by molar-refractivity contribution is 9.10. The summed E-state index contributed by atoms with van der Waals surface area (Å²) in [6.07, 6.45) is 0. The molecule has 1 saturated heterocycles. The summed E-state index contributed by atoms with van der Waals surface area (Å²) in [7, 11) is 1.84. The van der Waals surface area contributed by atoms with Crippen molar-refractivity contribution in [3.05, 3.63) is 49.7 Å². The number of aryl methyl sites for hydroxylation is 1. The Morgan fingerprint density at radius 1 is 1.24 bits per heavy atom. The van der Waals surface area contributed by atoms with Crippen LogP contribution in [0.4, 0.5) is 0 Å². The third kappa shape index (κ3) is 4.03. The van der Waals surface area contributed by atoms with Crippen LogP contribution < -0.4 is 0 Å². The van der Waals surface area contributed by atoms with Crippen LogP contribution in [0.3, 0.4) is 0 Å². The monoisotopic (exact) mass is 444 g/mol. The van der Waals surface area contributed by atoms with Crippen LogP contribution in [0, 0.1) is 6.92 Å². The highest BCUT2D eigenvalue weighted by atomic mass is 79.9. The zero-order valence-electron chi connectivity index (χ0n) is 14.1. The molecule has 1 amide bonds. The molecule has 2 aromatic rings. The molecule has 25 heavy (non-hydrogen) atoms. The fourth-order valence-electron chi connectivity index (χ4n) is 2.87. The van der Waals surface area contributed by atoms with Crippen molar-refractivity contribution >= 4 is 45.0 Å². The van der Waals surface area contributed by atoms with E-state index < -0.39 is 0 Å². The molecule has 1 aliphatic heterocycles. The molecule has 134 valence electrons. The molecule has 1 aromatic heterocycles. The van der Waals surface area contributed by atoms with Gasteiger partial charge in [-0.1, -0.05) is 29.3 Å². The predicted octanol–water partition coefficient (Wildman–Crippen LogP) is 3.76. The summed E-state index contributed by atoms with van der Waals surface area (Å²) in [4.78, 5) is 16.9. The minimum Gasteiger partial charge on any atom is -0.335 e. The Morgan fingerprint density at radius 3 is 2.48 bits per heavy atom. The second-order valence-electron chi connectivity index (χ2n) is 6.18. The zero-order chi connectivity index (χ0) is 18.1. The Bertz CT molecular complexity index is 800. The molecule has 0 saturated carbocycles. The molecule has 1 aliphatic rings. The molecule has 0 unspecified atom stereocenters. The number of piperazine rings is 1. The Hall–Kier alpha value is -1.08. The van der Waals surface area contributed by atoms with Gasteiger partial charge in [-0.2, -0.15) is 5.10 Å². The minimum atomic E-state index is -0.0280. The lowest BCUT2D eigenvalue weighted by atomic mass is 10.2. The number of benzene rings is 1. The van der Waals surface area contributed by atoms with Crippen LogP contribution in [0.15, 0.2) is 22.7 Å². The van der Waals surface area contributed by atoms with Gasteiger partial charge >= 0.3 is 0 Å². The first-order valence-corrected chi connectivity index (χ1v) is 9.56. The first-order valence-electron chi connectivity index (χ1n) is 8.01. The van der Waals surface area contributed by atoms with Gasteiger partial charge in [-0.3, -0.25) is 14.4 Å². The number of amides is 1. The molecule has 2 heterocycles. The quantitative estimate of drug-likeness (QED) is 0.722. The Morgan fingerprint density at radius 2 is 1.92 bits per heavy atom. The third-order valence-corrected chi connectivity index (χ3v) is 6.07. The number of rotatable bonds is 3. The molecule has 5 nitrogen and oxygen atoms in total. The molecular formula is C17H19BrCl2N4O. The maximum atomic E-state index is 12.7. The van der Waals surface area contributed by atoms with E-state index in [4.69, 9.17) is 23.2 Å². The van der Waals surface area contributed by atoms with E-state index in [9.17, 15) is 4.79 Å². The van der Waals surface area contributed by atoms with Crippen molar-refractivity contribution in [1.29, 1.82) is 0 Å². The number of carbonyl (C=O) groups excluding carboxylic acids is 1. The molecule has 8 heteroatoms. The van der Waals surface area contributed by atoms with Gasteiger partial charge in [0, 0.05) is 49.8 Å². The number of hydrogen-bond donors (Lipinski definition) is 0. The molecular weight excluding hydrogens is 427 g/mol. The van der Waals surface area contributed by atoms with Crippen LogP contribution in [-0.4, -0.2) is 51.7 Å². The normalized spacial score (nSPS) is 15.6. The summed E-state index contributed by atoms with van der Waals surface area (Å²) < 4.78 is 2.49. The summed E-state index contributed by atoms with van der Waals surface area (Å²) in [5, 5.41) is 5.65. The van der Waals surface area contributed by atoms with Gasteiger partial charge in [0.15, 0.2) is 5.69 Å². The second kappa shape index (κ2) is 7.66. The highest BCUT2D eigenvalue weighted by Crippen LogP contribution is 2.24. The molecule has 0 N–H and O–H groups in total. The van der Waals surface area contributed by atoms with Gasteiger partial charge in [0.05, 0.1) is 10.2 Å². The lowest BCUT2D eigenvalue weighted by molar-refractivity contribution is 0.0621. The Kier molecular flexibility index (Phi) is 5.73. The average molecular weight is 446 g/mol. The number of halogens is 3. The third-order valence-electron chi connectivity index (χ3n) is 4.53. The maximum absolute atomic E-state index is 12.7. The van der Waals surface area contributed by atoms with E-state index in [2.05, 4.69) is 25.9 Å². The summed E-state index contributed by atoms with van der Waals surface area (Å²) in [6.45, 7) is 5.63. The molecule has 3 rings (SSSR count). The fraction of sp³-hybridized carbons (Fsp3) is 0.412. The molecule has 0 bridgehead atoms. The predicted molar refractivity (Wildman–Crippen MR) is 103 cm³/mol. The number of nitrogens with zero attached hydrogens (tertiary/aromatic N) is 4. The van der Waals surface area contributed by atoms with Crippen molar-refractivity contribution in [3.63, 3.8) is 0 Å². The summed E-state index contributed by atoms with van der Waals surface area (Å²) >= 11 is 15.7. The van der Waals surface area contributed by atoms with Gasteiger partial charge in [0.1, 0.15) is 0 Å². The molecule has 0 atom stereocenters. The topological polar surface area (TPSA) is 41.4 Å². The van der Waals surface area contributed by atoms with Crippen LogP contribution in [0.2, 0.25) is 10.0 Å². The van der Waals surface area contributed by atoms with Crippen molar-refractivity contribution in [1.82, 2.24) is 19.6 Å². The lowest BCUT2D eigenvalue weighted by Gasteiger charge is -2.34. The van der Waals surface area contributed by atoms with Crippen LogP contribution in [-0.2, 0) is 13.6 Å². The van der Waals surface area contributed by atoms with Gasteiger partial charge in [-0.05, 0) is 40.5 Å². The minimum absolute atomic E-state index is 0.0280. The van der Waals surface area contributed by atoms with E-state index in [1.165, 1.54) is 0 Å². The summed E-state index contributed by atoms with van der Waals surface area (Å²) in [5.41, 5.74) is 2.47. The van der Waals surface area contributed by atoms with Gasteiger partial charge in [-0.25, -0.2) is 0 Å². The van der Waals surface area contributed by atoms with Crippen molar-refractivity contribution in [2.45, 2.75) is 13.5 Å². The molecule has 0 aliphatic carbocycles. The zero-order valence-corrected chi connectivity index (χ0v) is 17.2. The Labute approximate surface area is 165 Å². The van der Waals surface area contributed by atoms with Crippen molar-refractivity contribution < 1.29 is 4.79 Å². The van der Waals surface area contributed by atoms with Crippen LogP contribution >= 0.6 is 39.1 Å². The van der Waals surface area contributed by atoms with Gasteiger partial charge in [0.2, 0.25) is 0 Å². The first kappa shape index (κ1) is 18.7. The molecule has 0 spiro atoms. The SMILES string of the molecule is Cc1c(Br)c(C(=O)N2CCN(Cc3ccc(Cl)cc3Cl)CC2)nn1C. The largest absolute Gasteiger partial charge is 0.335 e. The number of hydrogen-bond acceptors (Lipinski definition) is 3. The van der Waals surface area contributed by atoms with Crippen LogP contribution in [0.5, 0.6) is 0 Å². The molecule has 1 fully saturated rings. The smallest absolute Gasteiger partial charge is 0.275 e. The number of aromatic nitrogens is 2. The number of carbonyl (C=O) groups is 1. The van der Waals surface area contributed by atoms with Crippen molar-refractivity contribution in [2.75, 3.05) is 26.2 Å². The summed E-state index contributed by atoms with van der Waals surface area (Å²) in [5.74, 6) is -0.0280. The van der Waals surface area contributed by atoms with Crippen LogP contribution in [0.1, 0.15) is 21.7 Å². The second-order valence-corrected chi connectivity index (χ2v) is 7.81. The fourth-order valence-corrected chi connectivity index (χ4v) is 3.84. The van der Waals surface area contributed by atoms with Gasteiger partial charge in [-0.15, -0.1) is 0 Å². The van der Waals surface area contributed by atoms with Crippen molar-refractivity contribution in [2.24, 2.45) is 7.05 Å². The van der Waals surface area contributed by atoms with Gasteiger partial charge in [0.25, 0.3) is 5.91 Å². The Balaban J connectivity index is 1.61. The highest BCUT2D eigenvalue weighted by Gasteiger charge is 2.26. The van der Waals surface area contributed by atoms with E-state index >= 15 is 0 Å². The van der Waals surface area contributed by atoms with E-state index in [-0.39, 0.29) is 5.91 Å². The van der Waals surface area contributed by atoms with E-state index in [0.717, 1.165) is 35.4 Å². The van der Waals surface area contributed by atoms with E-state index in [0.29, 0.717) is 28.8 Å². The lowest BCUT2D eigenvalue weighted by Crippen LogP contribution is -2.48. The molecule has 0 radical (unpaired) electrons. The van der Waals surface area contributed by atoms with Crippen molar-refractivity contribution in [3.8, 4) is 0 Å². The maximum Gasteiger partial charge on any atom is 0.275 e. The van der Waals surface area contributed by atoms with E-state index in [1.807, 2.05) is 31.0 Å².